The molecule has 0 amide bonds. The molecule has 0 spiro atoms. The molecule has 1 aromatic heterocycles. The zero-order chi connectivity index (χ0) is 38.8. The number of fused-ring (bicyclic) bond motifs is 7. The van der Waals surface area contributed by atoms with E-state index in [-0.39, 0.29) is 47.9 Å². The summed E-state index contributed by atoms with van der Waals surface area (Å²) in [4.78, 5) is 26.9. The van der Waals surface area contributed by atoms with E-state index in [0.717, 1.165) is 64.3 Å². The highest BCUT2D eigenvalue weighted by molar-refractivity contribution is 6.06. The lowest BCUT2D eigenvalue weighted by molar-refractivity contribution is -0.0682. The second-order valence-electron chi connectivity index (χ2n) is 16.7. The molecule has 6 aliphatic rings. The zero-order valence-electron chi connectivity index (χ0n) is 32.1. The topological polar surface area (TPSA) is 108 Å². The largest absolute Gasteiger partial charge is 0.511 e. The van der Waals surface area contributed by atoms with Crippen molar-refractivity contribution in [3.8, 4) is 41.0 Å². The van der Waals surface area contributed by atoms with Gasteiger partial charge in [-0.25, -0.2) is 13.6 Å². The summed E-state index contributed by atoms with van der Waals surface area (Å²) in [6.07, 6.45) is 12.2. The third kappa shape index (κ3) is 6.55. The summed E-state index contributed by atoms with van der Waals surface area (Å²) in [5.41, 5.74) is 0.848. The van der Waals surface area contributed by atoms with Crippen molar-refractivity contribution < 1.29 is 37.3 Å². The van der Waals surface area contributed by atoms with Crippen LogP contribution in [0.2, 0.25) is 0 Å². The number of anilines is 1. The van der Waals surface area contributed by atoms with Crippen LogP contribution < -0.4 is 24.4 Å². The maximum atomic E-state index is 17.7. The van der Waals surface area contributed by atoms with Crippen molar-refractivity contribution in [2.24, 2.45) is 0 Å². The number of nitrogens with zero attached hydrogens (tertiary/aromatic N) is 4. The van der Waals surface area contributed by atoms with Gasteiger partial charge in [0.25, 0.3) is 0 Å². The molecule has 298 valence electrons. The van der Waals surface area contributed by atoms with Gasteiger partial charge in [-0.15, -0.1) is 6.42 Å². The molecule has 5 fully saturated rings. The van der Waals surface area contributed by atoms with Gasteiger partial charge in [0.2, 0.25) is 6.29 Å². The van der Waals surface area contributed by atoms with Crippen LogP contribution in [0.3, 0.4) is 0 Å². The van der Waals surface area contributed by atoms with Crippen LogP contribution in [0.5, 0.6) is 17.5 Å². The molecule has 2 bridgehead atoms. The summed E-state index contributed by atoms with van der Waals surface area (Å²) >= 11 is 0. The molecule has 4 aromatic rings. The van der Waals surface area contributed by atoms with Crippen LogP contribution in [-0.4, -0.2) is 96.1 Å². The van der Waals surface area contributed by atoms with E-state index in [1.807, 2.05) is 18.2 Å². The summed E-state index contributed by atoms with van der Waals surface area (Å²) in [7, 11) is 0. The number of benzene rings is 3. The molecule has 1 unspecified atom stereocenters. The average molecular weight is 780 g/mol. The summed E-state index contributed by atoms with van der Waals surface area (Å²) in [5.74, 6) is 3.53. The van der Waals surface area contributed by atoms with Gasteiger partial charge >= 0.3 is 12.2 Å². The van der Waals surface area contributed by atoms with Crippen molar-refractivity contribution >= 4 is 33.6 Å². The van der Waals surface area contributed by atoms with E-state index >= 15 is 4.39 Å². The number of alkyl halides is 1. The van der Waals surface area contributed by atoms with Crippen LogP contribution >= 0.6 is 0 Å². The van der Waals surface area contributed by atoms with E-state index in [2.05, 4.69) is 21.0 Å². The fourth-order valence-electron chi connectivity index (χ4n) is 10.5. The highest BCUT2D eigenvalue weighted by Gasteiger charge is 2.50. The Morgan fingerprint density at radius 1 is 1.09 bits per heavy atom. The molecular weight excluding hydrogens is 733 g/mol. The van der Waals surface area contributed by atoms with Gasteiger partial charge in [0.1, 0.15) is 48.3 Å². The number of hydrogen-bond donors (Lipinski definition) is 1. The quantitative estimate of drug-likeness (QED) is 0.110. The molecule has 57 heavy (non-hydrogen) atoms. The molecule has 1 saturated carbocycles. The summed E-state index contributed by atoms with van der Waals surface area (Å²) in [6.45, 7) is 4.08. The van der Waals surface area contributed by atoms with E-state index in [1.54, 1.807) is 25.1 Å². The molecule has 6 heterocycles. The highest BCUT2D eigenvalue weighted by atomic mass is 19.1. The van der Waals surface area contributed by atoms with Gasteiger partial charge in [-0.3, -0.25) is 4.90 Å². The SMILES string of the molecule is C#Cc1cccc2cc(OC(C)OC(=O)OC3CCCCC3)cc(-c3cc4c5c(nc(OC[C@@]67CCCN6C[C@H](F)C7)nc5c3F)N3C[C@H]5CC[C@H](N5)[C@H]3CO4)c12. The maximum absolute atomic E-state index is 17.7. The van der Waals surface area contributed by atoms with Gasteiger partial charge in [-0.2, -0.15) is 9.97 Å². The Hall–Kier alpha value is -4.93. The van der Waals surface area contributed by atoms with Gasteiger partial charge in [0.05, 0.1) is 17.0 Å². The van der Waals surface area contributed by atoms with Crippen LogP contribution in [0.4, 0.5) is 19.4 Å². The first-order chi connectivity index (χ1) is 27.7. The van der Waals surface area contributed by atoms with Gasteiger partial charge in [-0.1, -0.05) is 24.5 Å². The van der Waals surface area contributed by atoms with Crippen LogP contribution in [0.15, 0.2) is 36.4 Å². The molecule has 0 radical (unpaired) electrons. The smallest absolute Gasteiger partial charge is 0.491 e. The van der Waals surface area contributed by atoms with Gasteiger partial charge < -0.3 is 33.9 Å². The lowest BCUT2D eigenvalue weighted by Crippen LogP contribution is -2.60. The first kappa shape index (κ1) is 36.4. The second-order valence-corrected chi connectivity index (χ2v) is 16.7. The Morgan fingerprint density at radius 2 is 1.96 bits per heavy atom. The number of nitrogens with one attached hydrogen (secondary N) is 1. The third-order valence-corrected chi connectivity index (χ3v) is 13.1. The second kappa shape index (κ2) is 14.5. The molecular formula is C44H47F2N5O6. The monoisotopic (exact) mass is 779 g/mol. The fourth-order valence-corrected chi connectivity index (χ4v) is 10.5. The standard InChI is InChI=1S/C44H47F2N5O6/c1-3-26-9-7-10-27-17-31(55-25(2)56-43(52)57-30-11-5-4-6-12-30)18-32(37(26)27)33-19-36-38-40(39(33)46)48-42(54-24-44-15-8-16-50(44)21-28(45)20-44)49-41(38)51-22-29-13-14-34(47-29)35(51)23-53-36/h1,7,9-10,17-19,25,28-30,34-35,47H,4-6,8,11-16,20-24H2,2H3/t25?,28-,29-,34+,35-,44+/m1/s1. The van der Waals surface area contributed by atoms with E-state index in [4.69, 9.17) is 40.1 Å². The first-order valence-corrected chi connectivity index (χ1v) is 20.5. The molecule has 5 aliphatic heterocycles. The number of rotatable bonds is 8. The predicted molar refractivity (Wildman–Crippen MR) is 210 cm³/mol. The third-order valence-electron chi connectivity index (χ3n) is 13.1. The van der Waals surface area contributed by atoms with Crippen molar-refractivity contribution in [3.63, 3.8) is 0 Å². The minimum atomic E-state index is -1.00. The van der Waals surface area contributed by atoms with Crippen molar-refractivity contribution in [1.82, 2.24) is 20.2 Å². The van der Waals surface area contributed by atoms with Crippen LogP contribution in [0.1, 0.15) is 76.7 Å². The van der Waals surface area contributed by atoms with Crippen molar-refractivity contribution in [2.75, 3.05) is 37.7 Å². The molecule has 10 rings (SSSR count). The Kier molecular flexibility index (Phi) is 9.24. The molecule has 11 nitrogen and oxygen atoms in total. The molecule has 1 N–H and O–H groups in total. The Balaban J connectivity index is 1.06. The van der Waals surface area contributed by atoms with E-state index in [1.165, 1.54) is 0 Å². The van der Waals surface area contributed by atoms with E-state index in [0.29, 0.717) is 70.7 Å². The van der Waals surface area contributed by atoms with Crippen molar-refractivity contribution in [1.29, 1.82) is 0 Å². The molecule has 6 atom stereocenters. The lowest BCUT2D eigenvalue weighted by Gasteiger charge is -2.40. The first-order valence-electron chi connectivity index (χ1n) is 20.5. The van der Waals surface area contributed by atoms with Gasteiger partial charge in [0.15, 0.2) is 5.82 Å². The average Bonchev–Trinajstić information content (AvgIpc) is 3.84. The van der Waals surface area contributed by atoms with Gasteiger partial charge in [0, 0.05) is 55.0 Å². The van der Waals surface area contributed by atoms with Gasteiger partial charge in [-0.05, 0) is 93.1 Å². The van der Waals surface area contributed by atoms with Crippen LogP contribution in [-0.2, 0) is 9.47 Å². The minimum Gasteiger partial charge on any atom is -0.491 e. The van der Waals surface area contributed by atoms with Crippen molar-refractivity contribution in [3.05, 3.63) is 47.8 Å². The molecule has 13 heteroatoms. The molecule has 3 aromatic carbocycles. The number of ether oxygens (including phenoxy) is 5. The van der Waals surface area contributed by atoms with Crippen LogP contribution in [0, 0.1) is 18.2 Å². The summed E-state index contributed by atoms with van der Waals surface area (Å²) < 4.78 is 62.7. The number of terminal acetylenes is 1. The minimum absolute atomic E-state index is 0.0449. The number of aromatic nitrogens is 2. The predicted octanol–water partition coefficient (Wildman–Crippen LogP) is 7.44. The Morgan fingerprint density at radius 3 is 2.82 bits per heavy atom. The molecule has 1 aliphatic carbocycles. The maximum Gasteiger partial charge on any atom is 0.511 e. The van der Waals surface area contributed by atoms with Crippen molar-refractivity contribution in [2.45, 2.75) is 113 Å². The Bertz CT molecular complexity index is 2280. The zero-order valence-corrected chi connectivity index (χ0v) is 32.1. The summed E-state index contributed by atoms with van der Waals surface area (Å²) in [5, 5.41) is 5.56. The summed E-state index contributed by atoms with van der Waals surface area (Å²) in [6, 6.07) is 11.2. The fraction of sp³-hybridized carbons (Fsp3) is 0.523. The van der Waals surface area contributed by atoms with E-state index < -0.39 is 30.0 Å². The number of piperazine rings is 1. The number of halogens is 2. The molecule has 4 saturated heterocycles. The lowest BCUT2D eigenvalue weighted by atomic mass is 9.93. The highest BCUT2D eigenvalue weighted by Crippen LogP contribution is 2.47. The number of hydrogen-bond acceptors (Lipinski definition) is 11. The Labute approximate surface area is 330 Å². The number of carbonyl (C=O) groups is 1. The normalized spacial score (nSPS) is 27.3. The van der Waals surface area contributed by atoms with Crippen LogP contribution in [0.25, 0.3) is 32.8 Å². The van der Waals surface area contributed by atoms with E-state index in [9.17, 15) is 9.18 Å². The number of carbonyl (C=O) groups excluding carboxylic acids is 1.